The van der Waals surface area contributed by atoms with E-state index in [1.165, 1.54) is 38.9 Å². The van der Waals surface area contributed by atoms with Crippen molar-refractivity contribution in [2.24, 2.45) is 0 Å². The van der Waals surface area contributed by atoms with Crippen LogP contribution in [0.25, 0.3) is 11.1 Å². The van der Waals surface area contributed by atoms with Crippen molar-refractivity contribution < 1.29 is 13.7 Å². The van der Waals surface area contributed by atoms with Gasteiger partial charge in [0.05, 0.1) is 0 Å². The Morgan fingerprint density at radius 2 is 0.938 bits per heavy atom. The second kappa shape index (κ2) is 9.86. The minimum Gasteiger partial charge on any atom is -0.205 e. The molecule has 0 aliphatic rings. The summed E-state index contributed by atoms with van der Waals surface area (Å²) in [4.78, 5) is 0. The van der Waals surface area contributed by atoms with Gasteiger partial charge in [-0.25, -0.2) is 4.57 Å². The number of hydrogen-bond acceptors (Lipinski definition) is 0. The normalized spacial score (nSPS) is 11.0. The molecule has 0 saturated heterocycles. The van der Waals surface area contributed by atoms with Gasteiger partial charge in [0.1, 0.15) is 0 Å². The lowest BCUT2D eigenvalue weighted by Crippen LogP contribution is -2.44. The van der Waals surface area contributed by atoms with E-state index >= 15 is 0 Å². The molecular weight excluding hydrogens is 390 g/mol. The maximum atomic E-state index is 2.29. The fourth-order valence-electron chi connectivity index (χ4n) is 4.42. The van der Waals surface area contributed by atoms with Gasteiger partial charge in [0, 0.05) is 41.8 Å². The van der Waals surface area contributed by atoms with Gasteiger partial charge in [-0.3, -0.25) is 0 Å². The summed E-state index contributed by atoms with van der Waals surface area (Å²) in [5.74, 6) is 0. The Hall–Kier alpha value is -3.33. The number of hydrogen-bond donors (Lipinski definition) is 0. The first-order valence-electron chi connectivity index (χ1n) is 11.5. The second-order valence-electron chi connectivity index (χ2n) is 9.02. The van der Waals surface area contributed by atoms with Crippen molar-refractivity contribution in [3.8, 4) is 11.1 Å². The smallest absolute Gasteiger partial charge is 0.205 e. The molecule has 0 spiro atoms. The lowest BCUT2D eigenvalue weighted by molar-refractivity contribution is -0.778. The third-order valence-corrected chi connectivity index (χ3v) is 5.87. The van der Waals surface area contributed by atoms with E-state index in [1.54, 1.807) is 0 Å². The molecule has 0 aliphatic carbocycles. The van der Waals surface area contributed by atoms with Crippen LogP contribution in [0.2, 0.25) is 0 Å². The summed E-state index contributed by atoms with van der Waals surface area (Å²) < 4.78 is 6.80. The summed E-state index contributed by atoms with van der Waals surface area (Å²) >= 11 is 0. The Morgan fingerprint density at radius 1 is 0.500 bits per heavy atom. The highest BCUT2D eigenvalue weighted by molar-refractivity contribution is 5.60. The summed E-state index contributed by atoms with van der Waals surface area (Å²) in [6, 6.07) is 17.9. The van der Waals surface area contributed by atoms with Gasteiger partial charge < -0.3 is 0 Å². The quantitative estimate of drug-likeness (QED) is 0.390. The molecule has 0 atom stereocenters. The molecule has 0 N–H and O–H groups in total. The van der Waals surface area contributed by atoms with Crippen molar-refractivity contribution in [3.63, 3.8) is 0 Å². The molecule has 32 heavy (non-hydrogen) atoms. The van der Waals surface area contributed by atoms with Gasteiger partial charge in [-0.05, 0) is 50.5 Å². The van der Waals surface area contributed by atoms with Gasteiger partial charge in [0.15, 0.2) is 43.7 Å². The highest BCUT2D eigenvalue weighted by atomic mass is 15.0. The Morgan fingerprint density at radius 3 is 1.47 bits per heavy atom. The van der Waals surface area contributed by atoms with Crippen LogP contribution in [0.15, 0.2) is 85.7 Å². The fraction of sp³-hybridized carbons (Fsp3) is 0.276. The van der Waals surface area contributed by atoms with Crippen molar-refractivity contribution in [2.75, 3.05) is 0 Å². The molecule has 0 aliphatic heterocycles. The Balaban J connectivity index is 1.35. The van der Waals surface area contributed by atoms with Gasteiger partial charge in [0.25, 0.3) is 0 Å². The third kappa shape index (κ3) is 5.88. The summed E-state index contributed by atoms with van der Waals surface area (Å²) in [7, 11) is 0. The topological polar surface area (TPSA) is 11.6 Å². The van der Waals surface area contributed by atoms with Crippen LogP contribution < -0.4 is 13.7 Å². The van der Waals surface area contributed by atoms with Gasteiger partial charge in [-0.1, -0.05) is 29.3 Å². The molecule has 4 rings (SSSR count). The van der Waals surface area contributed by atoms with Crippen molar-refractivity contribution in [1.82, 2.24) is 0 Å². The van der Waals surface area contributed by atoms with Crippen LogP contribution in [-0.2, 0) is 26.1 Å². The molecule has 0 amide bonds. The molecule has 0 saturated carbocycles. The van der Waals surface area contributed by atoms with Gasteiger partial charge in [-0.15, -0.1) is 0 Å². The van der Waals surface area contributed by atoms with E-state index in [2.05, 4.69) is 127 Å². The molecule has 0 radical (unpaired) electrons. The predicted octanol–water partition coefficient (Wildman–Crippen LogP) is 4.39. The Bertz CT molecular complexity index is 1050. The van der Waals surface area contributed by atoms with Crippen molar-refractivity contribution in [2.45, 2.75) is 53.8 Å². The number of pyridine rings is 3. The van der Waals surface area contributed by atoms with Crippen LogP contribution >= 0.6 is 0 Å². The van der Waals surface area contributed by atoms with Crippen LogP contribution in [0.3, 0.4) is 0 Å². The van der Waals surface area contributed by atoms with Crippen LogP contribution in [-0.4, -0.2) is 0 Å². The number of aryl methyl sites for hydroxylation is 8. The zero-order valence-corrected chi connectivity index (χ0v) is 19.8. The average molecular weight is 425 g/mol. The number of benzene rings is 1. The first-order valence-corrected chi connectivity index (χ1v) is 11.5. The van der Waals surface area contributed by atoms with Crippen molar-refractivity contribution in [1.29, 1.82) is 0 Å². The van der Waals surface area contributed by atoms with Gasteiger partial charge in [-0.2, -0.15) is 9.13 Å². The number of aromatic nitrogens is 3. The lowest BCUT2D eigenvalue weighted by atomic mass is 10.0. The van der Waals surface area contributed by atoms with E-state index in [9.17, 15) is 0 Å². The summed E-state index contributed by atoms with van der Waals surface area (Å²) in [6.45, 7) is 11.6. The molecule has 1 aromatic carbocycles. The van der Waals surface area contributed by atoms with Crippen molar-refractivity contribution >= 4 is 0 Å². The fourth-order valence-corrected chi connectivity index (χ4v) is 4.42. The third-order valence-electron chi connectivity index (χ3n) is 5.87. The van der Waals surface area contributed by atoms with E-state index in [-0.39, 0.29) is 0 Å². The van der Waals surface area contributed by atoms with E-state index < -0.39 is 0 Å². The monoisotopic (exact) mass is 424 g/mol. The maximum absolute atomic E-state index is 2.29. The zero-order chi connectivity index (χ0) is 22.5. The summed E-state index contributed by atoms with van der Waals surface area (Å²) in [5, 5.41) is 0. The maximum Gasteiger partial charge on any atom is 0.206 e. The molecule has 3 heteroatoms. The predicted molar refractivity (Wildman–Crippen MR) is 128 cm³/mol. The first kappa shape index (κ1) is 21.9. The molecule has 3 heterocycles. The molecular formula is C29H34N3+3. The van der Waals surface area contributed by atoms with Crippen LogP contribution in [0, 0.1) is 27.7 Å². The van der Waals surface area contributed by atoms with Crippen LogP contribution in [0.4, 0.5) is 0 Å². The molecule has 4 aromatic rings. The minimum absolute atomic E-state index is 0.959. The number of nitrogens with zero attached hydrogens (tertiary/aromatic N) is 3. The van der Waals surface area contributed by atoms with Crippen molar-refractivity contribution in [3.05, 3.63) is 114 Å². The second-order valence-corrected chi connectivity index (χ2v) is 9.02. The first-order chi connectivity index (χ1) is 15.4. The van der Waals surface area contributed by atoms with Gasteiger partial charge in [0.2, 0.25) is 13.1 Å². The zero-order valence-electron chi connectivity index (χ0n) is 19.8. The highest BCUT2D eigenvalue weighted by Gasteiger charge is 2.10. The Kier molecular flexibility index (Phi) is 6.75. The molecule has 3 nitrogen and oxygen atoms in total. The van der Waals surface area contributed by atoms with Crippen LogP contribution in [0.5, 0.6) is 0 Å². The minimum atomic E-state index is 0.959. The largest absolute Gasteiger partial charge is 0.206 e. The lowest BCUT2D eigenvalue weighted by Gasteiger charge is -2.04. The molecule has 162 valence electrons. The molecule has 0 bridgehead atoms. The van der Waals surface area contributed by atoms with E-state index in [1.807, 2.05) is 0 Å². The van der Waals surface area contributed by atoms with E-state index in [4.69, 9.17) is 0 Å². The highest BCUT2D eigenvalue weighted by Crippen LogP contribution is 2.16. The molecule has 3 aromatic heterocycles. The van der Waals surface area contributed by atoms with E-state index in [0.29, 0.717) is 0 Å². The SMILES string of the molecule is Cc1cc(C)cc(CC[n+]2ccc(-c3cc[n+](CC[n+]4cc(C)cc(C)c4)cc3)cc2)c1. The molecule has 0 unspecified atom stereocenters. The van der Waals surface area contributed by atoms with Crippen LogP contribution in [0.1, 0.15) is 27.8 Å². The standard InChI is InChI=1S/C29H34N3/c1-23-17-24(2)20-27(19-23)5-10-30-11-6-28(7-12-30)29-8-13-31(14-9-29)15-16-32-21-25(3)18-26(4)22-32/h6-9,11-14,17-22H,5,10,15-16H2,1-4H3/q+3. The average Bonchev–Trinajstić information content (AvgIpc) is 2.76. The Labute approximate surface area is 192 Å². The summed E-state index contributed by atoms with van der Waals surface area (Å²) in [5.41, 5.74) is 9.21. The molecule has 0 fully saturated rings. The summed E-state index contributed by atoms with van der Waals surface area (Å²) in [6.07, 6.45) is 14.2. The van der Waals surface area contributed by atoms with Gasteiger partial charge >= 0.3 is 0 Å². The number of rotatable bonds is 7. The van der Waals surface area contributed by atoms with E-state index in [0.717, 1.165) is 26.1 Å².